The second kappa shape index (κ2) is 6.58. The summed E-state index contributed by atoms with van der Waals surface area (Å²) >= 11 is 1.41. The first-order valence-electron chi connectivity index (χ1n) is 7.81. The van der Waals surface area contributed by atoms with Crippen LogP contribution in [0.2, 0.25) is 0 Å². The molecule has 120 valence electrons. The molecule has 23 heavy (non-hydrogen) atoms. The molecule has 1 atom stereocenters. The van der Waals surface area contributed by atoms with Gasteiger partial charge >= 0.3 is 0 Å². The smallest absolute Gasteiger partial charge is 0.231 e. The van der Waals surface area contributed by atoms with Gasteiger partial charge in [0.25, 0.3) is 0 Å². The number of fused-ring (bicyclic) bond motifs is 3. The number of rotatable bonds is 6. The zero-order valence-electron chi connectivity index (χ0n) is 13.3. The third kappa shape index (κ3) is 3.03. The van der Waals surface area contributed by atoms with E-state index < -0.39 is 0 Å². The maximum Gasteiger partial charge on any atom is 0.231 e. The monoisotopic (exact) mass is 328 g/mol. The minimum atomic E-state index is -0.295. The second-order valence-corrected chi connectivity index (χ2v) is 6.84. The van der Waals surface area contributed by atoms with E-state index in [4.69, 9.17) is 5.73 Å². The molecule has 0 saturated carbocycles. The van der Waals surface area contributed by atoms with Crippen LogP contribution in [0.15, 0.2) is 35.5 Å². The Labute approximate surface area is 139 Å². The van der Waals surface area contributed by atoms with Gasteiger partial charge in [0.2, 0.25) is 5.91 Å². The molecule has 2 aromatic heterocycles. The lowest BCUT2D eigenvalue weighted by atomic mass is 10.1. The molecule has 1 aromatic carbocycles. The van der Waals surface area contributed by atoms with Crippen LogP contribution in [0.5, 0.6) is 0 Å². The highest BCUT2D eigenvalue weighted by molar-refractivity contribution is 8.00. The van der Waals surface area contributed by atoms with Gasteiger partial charge in [0, 0.05) is 5.39 Å². The molecule has 0 fully saturated rings. The molecule has 0 unspecified atom stereocenters. The number of benzene rings is 1. The van der Waals surface area contributed by atoms with Crippen molar-refractivity contribution < 1.29 is 4.79 Å². The van der Waals surface area contributed by atoms with E-state index in [2.05, 4.69) is 30.1 Å². The number of pyridine rings is 1. The van der Waals surface area contributed by atoms with E-state index in [1.807, 2.05) is 28.7 Å². The van der Waals surface area contributed by atoms with Gasteiger partial charge in [-0.05, 0) is 31.0 Å². The number of thioether (sulfide) groups is 1. The predicted octanol–water partition coefficient (Wildman–Crippen LogP) is 3.33. The predicted molar refractivity (Wildman–Crippen MR) is 93.6 cm³/mol. The number of aromatic nitrogens is 3. The molecule has 0 aliphatic heterocycles. The standard InChI is InChI=1S/C17H20N4OS/c1-3-4-9-14(16(18)22)23-17-20-19-15-10-11(2)12-7-5-6-8-13(12)21(15)17/h5-8,10,14H,3-4,9H2,1-2H3,(H2,18,22)/t14-/m1/s1. The lowest BCUT2D eigenvalue weighted by Crippen LogP contribution is -2.25. The van der Waals surface area contributed by atoms with Crippen LogP contribution in [0.25, 0.3) is 16.6 Å². The van der Waals surface area contributed by atoms with Crippen molar-refractivity contribution in [3.05, 3.63) is 35.9 Å². The molecule has 3 aromatic rings. The summed E-state index contributed by atoms with van der Waals surface area (Å²) in [6, 6.07) is 10.2. The van der Waals surface area contributed by atoms with Crippen LogP contribution in [0.1, 0.15) is 31.7 Å². The first-order valence-corrected chi connectivity index (χ1v) is 8.69. The van der Waals surface area contributed by atoms with Gasteiger partial charge in [0.1, 0.15) is 0 Å². The average molecular weight is 328 g/mol. The fourth-order valence-electron chi connectivity index (χ4n) is 2.73. The van der Waals surface area contributed by atoms with E-state index >= 15 is 0 Å². The first kappa shape index (κ1) is 15.8. The molecular formula is C17H20N4OS. The lowest BCUT2D eigenvalue weighted by molar-refractivity contribution is -0.117. The number of hydrogen-bond donors (Lipinski definition) is 1. The van der Waals surface area contributed by atoms with E-state index in [-0.39, 0.29) is 11.2 Å². The Balaban J connectivity index is 2.08. The summed E-state index contributed by atoms with van der Waals surface area (Å²) in [5.74, 6) is -0.295. The number of hydrogen-bond acceptors (Lipinski definition) is 4. The summed E-state index contributed by atoms with van der Waals surface area (Å²) in [4.78, 5) is 11.7. The summed E-state index contributed by atoms with van der Waals surface area (Å²) < 4.78 is 2.01. The Bertz CT molecular complexity index is 858. The summed E-state index contributed by atoms with van der Waals surface area (Å²) in [7, 11) is 0. The lowest BCUT2D eigenvalue weighted by Gasteiger charge is -2.12. The Morgan fingerprint density at radius 1 is 1.35 bits per heavy atom. The van der Waals surface area contributed by atoms with Crippen molar-refractivity contribution in [3.8, 4) is 0 Å². The van der Waals surface area contributed by atoms with E-state index in [1.165, 1.54) is 11.8 Å². The quantitative estimate of drug-likeness (QED) is 0.704. The molecule has 0 spiro atoms. The van der Waals surface area contributed by atoms with Gasteiger partial charge in [0.15, 0.2) is 10.8 Å². The fraction of sp³-hybridized carbons (Fsp3) is 0.353. The number of aryl methyl sites for hydroxylation is 1. The molecule has 0 aliphatic carbocycles. The number of para-hydroxylation sites is 1. The minimum Gasteiger partial charge on any atom is -0.369 e. The van der Waals surface area contributed by atoms with Crippen molar-refractivity contribution >= 4 is 34.2 Å². The van der Waals surface area contributed by atoms with Crippen molar-refractivity contribution in [2.75, 3.05) is 0 Å². The highest BCUT2D eigenvalue weighted by Gasteiger charge is 2.20. The van der Waals surface area contributed by atoms with Crippen LogP contribution in [0, 0.1) is 6.92 Å². The van der Waals surface area contributed by atoms with Gasteiger partial charge in [-0.2, -0.15) is 0 Å². The third-order valence-electron chi connectivity index (χ3n) is 3.96. The highest BCUT2D eigenvalue weighted by Crippen LogP contribution is 2.29. The van der Waals surface area contributed by atoms with E-state index in [9.17, 15) is 4.79 Å². The number of amides is 1. The molecule has 2 N–H and O–H groups in total. The molecule has 0 radical (unpaired) electrons. The maximum atomic E-state index is 11.7. The number of carbonyl (C=O) groups excluding carboxylic acids is 1. The molecule has 5 nitrogen and oxygen atoms in total. The van der Waals surface area contributed by atoms with Crippen LogP contribution in [-0.4, -0.2) is 25.8 Å². The number of nitrogens with zero attached hydrogens (tertiary/aromatic N) is 3. The Hall–Kier alpha value is -2.08. The van der Waals surface area contributed by atoms with E-state index in [1.54, 1.807) is 0 Å². The topological polar surface area (TPSA) is 73.3 Å². The van der Waals surface area contributed by atoms with Crippen molar-refractivity contribution in [1.82, 2.24) is 14.6 Å². The minimum absolute atomic E-state index is 0.276. The van der Waals surface area contributed by atoms with Gasteiger partial charge in [-0.3, -0.25) is 9.20 Å². The van der Waals surface area contributed by atoms with Gasteiger partial charge < -0.3 is 5.73 Å². The Kier molecular flexibility index (Phi) is 4.52. The van der Waals surface area contributed by atoms with Crippen LogP contribution < -0.4 is 5.73 Å². The number of carbonyl (C=O) groups is 1. The summed E-state index contributed by atoms with van der Waals surface area (Å²) in [5.41, 5.74) is 8.56. The zero-order chi connectivity index (χ0) is 16.4. The molecule has 6 heteroatoms. The molecule has 1 amide bonds. The van der Waals surface area contributed by atoms with Crippen molar-refractivity contribution in [2.45, 2.75) is 43.5 Å². The van der Waals surface area contributed by atoms with Crippen LogP contribution in [-0.2, 0) is 4.79 Å². The normalized spacial score (nSPS) is 12.8. The third-order valence-corrected chi connectivity index (χ3v) is 5.19. The van der Waals surface area contributed by atoms with Crippen LogP contribution in [0.4, 0.5) is 0 Å². The zero-order valence-corrected chi connectivity index (χ0v) is 14.1. The van der Waals surface area contributed by atoms with Crippen molar-refractivity contribution in [1.29, 1.82) is 0 Å². The maximum absolute atomic E-state index is 11.7. The molecule has 0 aliphatic rings. The van der Waals surface area contributed by atoms with Gasteiger partial charge in [-0.25, -0.2) is 0 Å². The molecule has 2 heterocycles. The SMILES string of the molecule is CCCC[C@@H](Sc1nnc2cc(C)c3ccccc3n12)C(N)=O. The number of primary amides is 1. The largest absolute Gasteiger partial charge is 0.369 e. The average Bonchev–Trinajstić information content (AvgIpc) is 2.94. The summed E-state index contributed by atoms with van der Waals surface area (Å²) in [5, 5.41) is 10.1. The van der Waals surface area contributed by atoms with Gasteiger partial charge in [-0.1, -0.05) is 49.7 Å². The molecular weight excluding hydrogens is 308 g/mol. The highest BCUT2D eigenvalue weighted by atomic mass is 32.2. The van der Waals surface area contributed by atoms with Crippen LogP contribution in [0.3, 0.4) is 0 Å². The molecule has 0 bridgehead atoms. The van der Waals surface area contributed by atoms with Gasteiger partial charge in [0.05, 0.1) is 10.8 Å². The Morgan fingerprint density at radius 3 is 2.87 bits per heavy atom. The molecule has 3 rings (SSSR count). The molecule has 0 saturated heterocycles. The number of unbranched alkanes of at least 4 members (excludes halogenated alkanes) is 1. The van der Waals surface area contributed by atoms with Crippen molar-refractivity contribution in [2.24, 2.45) is 5.73 Å². The van der Waals surface area contributed by atoms with E-state index in [0.29, 0.717) is 0 Å². The first-order chi connectivity index (χ1) is 11.1. The Morgan fingerprint density at radius 2 is 2.13 bits per heavy atom. The summed E-state index contributed by atoms with van der Waals surface area (Å²) in [6.07, 6.45) is 2.76. The number of nitrogens with two attached hydrogens (primary N) is 1. The fourth-order valence-corrected chi connectivity index (χ4v) is 3.77. The summed E-state index contributed by atoms with van der Waals surface area (Å²) in [6.45, 7) is 4.17. The van der Waals surface area contributed by atoms with Gasteiger partial charge in [-0.15, -0.1) is 10.2 Å². The van der Waals surface area contributed by atoms with Crippen LogP contribution >= 0.6 is 11.8 Å². The second-order valence-electron chi connectivity index (χ2n) is 5.67. The van der Waals surface area contributed by atoms with E-state index in [0.717, 1.165) is 46.5 Å². The van der Waals surface area contributed by atoms with Crippen molar-refractivity contribution in [3.63, 3.8) is 0 Å².